The van der Waals surface area contributed by atoms with E-state index in [1.807, 2.05) is 0 Å². The first-order chi connectivity index (χ1) is 10.9. The second kappa shape index (κ2) is 6.36. The average Bonchev–Trinajstić information content (AvgIpc) is 3.01. The molecule has 1 aliphatic heterocycles. The second-order valence-corrected chi connectivity index (χ2v) is 7.59. The van der Waals surface area contributed by atoms with Crippen molar-refractivity contribution in [2.24, 2.45) is 0 Å². The van der Waals surface area contributed by atoms with Gasteiger partial charge >= 0.3 is 0 Å². The Morgan fingerprint density at radius 2 is 2.17 bits per heavy atom. The van der Waals surface area contributed by atoms with Crippen molar-refractivity contribution in [1.82, 2.24) is 15.2 Å². The highest BCUT2D eigenvalue weighted by Crippen LogP contribution is 2.32. The number of aliphatic hydroxyl groups is 1. The molecule has 2 atom stereocenters. The van der Waals surface area contributed by atoms with Gasteiger partial charge in [-0.3, -0.25) is 9.59 Å². The third kappa shape index (κ3) is 4.07. The number of hydrogen-bond acceptors (Lipinski definition) is 5. The number of nitrogens with zero attached hydrogens (tertiary/aromatic N) is 2. The van der Waals surface area contributed by atoms with E-state index >= 15 is 0 Å². The fourth-order valence-corrected chi connectivity index (χ4v) is 3.04. The Kier molecular flexibility index (Phi) is 4.96. The van der Waals surface area contributed by atoms with E-state index in [1.54, 1.807) is 27.7 Å². The molecule has 9 heteroatoms. The third-order valence-electron chi connectivity index (χ3n) is 4.11. The monoisotopic (exact) mass is 361 g/mol. The van der Waals surface area contributed by atoms with Gasteiger partial charge in [-0.15, -0.1) is 11.3 Å². The first-order valence-electron chi connectivity index (χ1n) is 7.58. The molecule has 2 amide bonds. The van der Waals surface area contributed by atoms with Crippen molar-refractivity contribution >= 4 is 23.2 Å². The lowest BCUT2D eigenvalue weighted by atomic mass is 10.0. The molecule has 0 saturated carbocycles. The van der Waals surface area contributed by atoms with Gasteiger partial charge in [-0.2, -0.15) is 0 Å². The van der Waals surface area contributed by atoms with Gasteiger partial charge in [0.2, 0.25) is 0 Å². The quantitative estimate of drug-likeness (QED) is 0.858. The molecule has 24 heavy (non-hydrogen) atoms. The number of likely N-dealkylation sites (tertiary alicyclic amines) is 1. The van der Waals surface area contributed by atoms with Gasteiger partial charge in [0.15, 0.2) is 5.01 Å². The number of hydrogen-bond donors (Lipinski definition) is 2. The lowest BCUT2D eigenvalue weighted by Crippen LogP contribution is -2.47. The molecule has 2 N–H and O–H groups in total. The molecule has 0 radical (unpaired) electrons. The summed E-state index contributed by atoms with van der Waals surface area (Å²) in [5, 5.41) is 13.9. The van der Waals surface area contributed by atoms with Gasteiger partial charge in [0.05, 0.1) is 18.2 Å². The maximum atomic E-state index is 13.4. The topological polar surface area (TPSA) is 82.5 Å². The number of carbonyl (C=O) groups excluding carboxylic acids is 2. The van der Waals surface area contributed by atoms with Crippen LogP contribution in [0.3, 0.4) is 0 Å². The number of rotatable bonds is 4. The van der Waals surface area contributed by atoms with Crippen molar-refractivity contribution < 1.29 is 23.5 Å². The summed E-state index contributed by atoms with van der Waals surface area (Å²) in [6.07, 6.45) is -0.376. The van der Waals surface area contributed by atoms with Crippen molar-refractivity contribution in [3.8, 4) is 0 Å². The minimum Gasteiger partial charge on any atom is -0.388 e. The van der Waals surface area contributed by atoms with E-state index in [0.717, 1.165) is 16.2 Å². The van der Waals surface area contributed by atoms with Gasteiger partial charge in [0, 0.05) is 17.8 Å². The van der Waals surface area contributed by atoms with E-state index in [0.29, 0.717) is 0 Å². The van der Waals surface area contributed by atoms with Gasteiger partial charge in [0.1, 0.15) is 5.69 Å². The molecule has 2 rings (SSSR count). The molecular formula is C15H21F2N3O3S. The summed E-state index contributed by atoms with van der Waals surface area (Å²) >= 11 is 0.959. The number of aromatic nitrogens is 1. The van der Waals surface area contributed by atoms with Crippen molar-refractivity contribution in [3.63, 3.8) is 0 Å². The number of nitrogens with one attached hydrogen (secondary N) is 1. The highest BCUT2D eigenvalue weighted by molar-refractivity contribution is 7.11. The van der Waals surface area contributed by atoms with Crippen LogP contribution in [0.25, 0.3) is 0 Å². The molecule has 1 unspecified atom stereocenters. The van der Waals surface area contributed by atoms with E-state index in [2.05, 4.69) is 10.3 Å². The van der Waals surface area contributed by atoms with E-state index < -0.39 is 42.0 Å². The maximum Gasteiger partial charge on any atom is 0.280 e. The smallest absolute Gasteiger partial charge is 0.280 e. The molecule has 0 aromatic carbocycles. The van der Waals surface area contributed by atoms with E-state index in [4.69, 9.17) is 0 Å². The van der Waals surface area contributed by atoms with Crippen molar-refractivity contribution in [2.75, 3.05) is 6.54 Å². The first-order valence-corrected chi connectivity index (χ1v) is 8.46. The molecule has 1 aromatic heterocycles. The Morgan fingerprint density at radius 1 is 1.54 bits per heavy atom. The van der Waals surface area contributed by atoms with E-state index in [-0.39, 0.29) is 17.1 Å². The molecular weight excluding hydrogens is 340 g/mol. The molecule has 0 aliphatic carbocycles. The van der Waals surface area contributed by atoms with Crippen LogP contribution in [0.1, 0.15) is 54.4 Å². The molecule has 1 saturated heterocycles. The lowest BCUT2D eigenvalue weighted by Gasteiger charge is -2.26. The lowest BCUT2D eigenvalue weighted by molar-refractivity contribution is 0.0117. The van der Waals surface area contributed by atoms with Crippen LogP contribution in [0, 0.1) is 0 Å². The zero-order valence-corrected chi connectivity index (χ0v) is 14.8. The zero-order chi connectivity index (χ0) is 18.3. The van der Waals surface area contributed by atoms with Gasteiger partial charge in [-0.25, -0.2) is 13.8 Å². The third-order valence-corrected chi connectivity index (χ3v) is 4.95. The van der Waals surface area contributed by atoms with Crippen LogP contribution in [0.15, 0.2) is 5.38 Å². The zero-order valence-electron chi connectivity index (χ0n) is 14.0. The summed E-state index contributed by atoms with van der Waals surface area (Å²) in [6, 6.07) is -1.10. The van der Waals surface area contributed by atoms with Gasteiger partial charge in [-0.05, 0) is 27.7 Å². The van der Waals surface area contributed by atoms with Crippen molar-refractivity contribution in [2.45, 2.75) is 57.7 Å². The maximum absolute atomic E-state index is 13.4. The minimum atomic E-state index is -2.90. The predicted molar refractivity (Wildman–Crippen MR) is 85.4 cm³/mol. The molecule has 2 heterocycles. The largest absolute Gasteiger partial charge is 0.388 e. The fourth-order valence-electron chi connectivity index (χ4n) is 2.34. The summed E-state index contributed by atoms with van der Waals surface area (Å²) < 4.78 is 26.8. The minimum absolute atomic E-state index is 0.0226. The van der Waals surface area contributed by atoms with Crippen LogP contribution in [0.5, 0.6) is 0 Å². The van der Waals surface area contributed by atoms with Crippen LogP contribution >= 0.6 is 11.3 Å². The molecule has 1 aliphatic rings. The van der Waals surface area contributed by atoms with Gasteiger partial charge in [0.25, 0.3) is 17.7 Å². The predicted octanol–water partition coefficient (Wildman–Crippen LogP) is 1.90. The number of thiazole rings is 1. The summed E-state index contributed by atoms with van der Waals surface area (Å²) in [6.45, 7) is 5.69. The summed E-state index contributed by atoms with van der Waals surface area (Å²) in [4.78, 5) is 29.5. The summed E-state index contributed by atoms with van der Waals surface area (Å²) in [7, 11) is 0. The van der Waals surface area contributed by atoms with Gasteiger partial charge in [-0.1, -0.05) is 0 Å². The van der Waals surface area contributed by atoms with E-state index in [1.165, 1.54) is 5.38 Å². The standard InChI is InChI=1S/C15H21F2N3O3S/c1-8-5-15(16,17)7-20(8)13(22)10-6-24-12(19-10)11(21)18-9(2)14(3,4)23/h6,8-9,23H,5,7H2,1-4H3,(H,18,21)/t8-,9?/m0/s1. The number of halogens is 2. The average molecular weight is 361 g/mol. The molecule has 0 spiro atoms. The summed E-state index contributed by atoms with van der Waals surface area (Å²) in [5.74, 6) is -4.02. The molecule has 6 nitrogen and oxygen atoms in total. The van der Waals surface area contributed by atoms with Gasteiger partial charge < -0.3 is 15.3 Å². The SMILES string of the molecule is CC(NC(=O)c1nc(C(=O)N2CC(F)(F)C[C@@H]2C)cs1)C(C)(C)O. The Hall–Kier alpha value is -1.61. The van der Waals surface area contributed by atoms with E-state index in [9.17, 15) is 23.5 Å². The second-order valence-electron chi connectivity index (χ2n) is 6.73. The van der Waals surface area contributed by atoms with Crippen LogP contribution in [0.4, 0.5) is 8.78 Å². The normalized spacial score (nSPS) is 21.6. The number of amides is 2. The first kappa shape index (κ1) is 18.7. The fraction of sp³-hybridized carbons (Fsp3) is 0.667. The molecule has 1 aromatic rings. The Balaban J connectivity index is 2.08. The molecule has 0 bridgehead atoms. The molecule has 1 fully saturated rings. The van der Waals surface area contributed by atoms with Crippen LogP contribution < -0.4 is 5.32 Å². The number of alkyl halides is 2. The molecule has 134 valence electrons. The number of carbonyl (C=O) groups is 2. The highest BCUT2D eigenvalue weighted by atomic mass is 32.1. The Labute approximate surface area is 142 Å². The van der Waals surface area contributed by atoms with Crippen LogP contribution in [-0.2, 0) is 0 Å². The van der Waals surface area contributed by atoms with Crippen molar-refractivity contribution in [3.05, 3.63) is 16.1 Å². The van der Waals surface area contributed by atoms with Crippen molar-refractivity contribution in [1.29, 1.82) is 0 Å². The Bertz CT molecular complexity index is 642. The Morgan fingerprint density at radius 3 is 2.67 bits per heavy atom. The summed E-state index contributed by atoms with van der Waals surface area (Å²) in [5.41, 5.74) is -1.13. The van der Waals surface area contributed by atoms with Crippen LogP contribution in [-0.4, -0.2) is 57.0 Å². The van der Waals surface area contributed by atoms with Crippen LogP contribution in [0.2, 0.25) is 0 Å². The highest BCUT2D eigenvalue weighted by Gasteiger charge is 2.45.